The van der Waals surface area contributed by atoms with Crippen molar-refractivity contribution in [1.29, 1.82) is 0 Å². The van der Waals surface area contributed by atoms with Gasteiger partial charge in [0.2, 0.25) is 0 Å². The predicted octanol–water partition coefficient (Wildman–Crippen LogP) is 2.63. The maximum absolute atomic E-state index is 3.35. The molecule has 2 heteroatoms. The van der Waals surface area contributed by atoms with Gasteiger partial charge in [0.15, 0.2) is 0 Å². The quantitative estimate of drug-likeness (QED) is 0.792. The van der Waals surface area contributed by atoms with Gasteiger partial charge in [0.05, 0.1) is 0 Å². The van der Waals surface area contributed by atoms with E-state index < -0.39 is 0 Å². The van der Waals surface area contributed by atoms with E-state index in [2.05, 4.69) is 61.2 Å². The molecule has 0 atom stereocenters. The maximum Gasteiger partial charge on any atom is 0.0481 e. The molecule has 1 heterocycles. The van der Waals surface area contributed by atoms with E-state index in [9.17, 15) is 0 Å². The second-order valence-corrected chi connectivity index (χ2v) is 4.55. The van der Waals surface area contributed by atoms with E-state index in [4.69, 9.17) is 0 Å². The van der Waals surface area contributed by atoms with Gasteiger partial charge in [-0.25, -0.2) is 0 Å². The molecule has 0 aliphatic rings. The number of aryl methyl sites for hydroxylation is 1. The fraction of sp³-hybridized carbons (Fsp3) is 0.385. The van der Waals surface area contributed by atoms with Crippen molar-refractivity contribution in [2.75, 3.05) is 7.05 Å². The molecule has 1 aromatic carbocycles. The standard InChI is InChI=1S/C13H18N2/c1-13(2,14-3)11-9-15(4)12-8-6-5-7-10(11)12/h5-9,14H,1-4H3. The highest BCUT2D eigenvalue weighted by atomic mass is 15.0. The zero-order chi connectivity index (χ0) is 11.1. The second kappa shape index (κ2) is 3.38. The third-order valence-corrected chi connectivity index (χ3v) is 3.20. The number of aromatic nitrogens is 1. The van der Waals surface area contributed by atoms with Crippen molar-refractivity contribution in [3.05, 3.63) is 36.0 Å². The summed E-state index contributed by atoms with van der Waals surface area (Å²) in [5.41, 5.74) is 2.65. The van der Waals surface area contributed by atoms with Crippen LogP contribution in [0.5, 0.6) is 0 Å². The molecule has 0 spiro atoms. The molecule has 2 aromatic rings. The van der Waals surface area contributed by atoms with Gasteiger partial charge >= 0.3 is 0 Å². The lowest BCUT2D eigenvalue weighted by Gasteiger charge is -2.23. The van der Waals surface area contributed by atoms with Crippen molar-refractivity contribution in [3.63, 3.8) is 0 Å². The van der Waals surface area contributed by atoms with Gasteiger partial charge in [0.25, 0.3) is 0 Å². The van der Waals surface area contributed by atoms with E-state index in [1.54, 1.807) is 0 Å². The molecule has 2 nitrogen and oxygen atoms in total. The van der Waals surface area contributed by atoms with Crippen molar-refractivity contribution in [2.24, 2.45) is 7.05 Å². The van der Waals surface area contributed by atoms with Gasteiger partial charge < -0.3 is 9.88 Å². The zero-order valence-corrected chi connectivity index (χ0v) is 9.83. The molecule has 0 bridgehead atoms. The van der Waals surface area contributed by atoms with Gasteiger partial charge in [-0.1, -0.05) is 18.2 Å². The lowest BCUT2D eigenvalue weighted by atomic mass is 9.94. The monoisotopic (exact) mass is 202 g/mol. The first-order valence-corrected chi connectivity index (χ1v) is 5.30. The Morgan fingerprint density at radius 3 is 2.53 bits per heavy atom. The molecule has 0 radical (unpaired) electrons. The molecular weight excluding hydrogens is 184 g/mol. The van der Waals surface area contributed by atoms with Crippen LogP contribution in [0.2, 0.25) is 0 Å². The predicted molar refractivity (Wildman–Crippen MR) is 65.0 cm³/mol. The highest BCUT2D eigenvalue weighted by molar-refractivity contribution is 5.84. The Labute approximate surface area is 90.9 Å². The average molecular weight is 202 g/mol. The van der Waals surface area contributed by atoms with Crippen LogP contribution < -0.4 is 5.32 Å². The Bertz CT molecular complexity index is 480. The molecule has 0 saturated carbocycles. The van der Waals surface area contributed by atoms with Crippen LogP contribution in [-0.2, 0) is 12.6 Å². The molecule has 0 aliphatic carbocycles. The number of para-hydroxylation sites is 1. The van der Waals surface area contributed by atoms with Crippen molar-refractivity contribution in [2.45, 2.75) is 19.4 Å². The van der Waals surface area contributed by atoms with E-state index in [0.29, 0.717) is 0 Å². The number of hydrogen-bond donors (Lipinski definition) is 1. The number of nitrogens with one attached hydrogen (secondary N) is 1. The van der Waals surface area contributed by atoms with Gasteiger partial charge in [-0.2, -0.15) is 0 Å². The summed E-state index contributed by atoms with van der Waals surface area (Å²) in [4.78, 5) is 0. The van der Waals surface area contributed by atoms with E-state index in [1.807, 2.05) is 7.05 Å². The summed E-state index contributed by atoms with van der Waals surface area (Å²) in [5.74, 6) is 0. The molecule has 0 saturated heterocycles. The Hall–Kier alpha value is -1.28. The number of hydrogen-bond acceptors (Lipinski definition) is 1. The Morgan fingerprint density at radius 2 is 1.87 bits per heavy atom. The largest absolute Gasteiger partial charge is 0.350 e. The minimum absolute atomic E-state index is 0.0147. The zero-order valence-electron chi connectivity index (χ0n) is 9.83. The summed E-state index contributed by atoms with van der Waals surface area (Å²) in [5, 5.41) is 4.68. The topological polar surface area (TPSA) is 17.0 Å². The van der Waals surface area contributed by atoms with Gasteiger partial charge in [-0.05, 0) is 32.5 Å². The van der Waals surface area contributed by atoms with Crippen LogP contribution in [0.25, 0.3) is 10.9 Å². The number of benzene rings is 1. The molecule has 1 aromatic heterocycles. The van der Waals surface area contributed by atoms with Crippen molar-refractivity contribution in [1.82, 2.24) is 9.88 Å². The van der Waals surface area contributed by atoms with Crippen LogP contribution in [-0.4, -0.2) is 11.6 Å². The van der Waals surface area contributed by atoms with Gasteiger partial charge in [0.1, 0.15) is 0 Å². The van der Waals surface area contributed by atoms with Crippen LogP contribution in [0.15, 0.2) is 30.5 Å². The number of nitrogens with zero attached hydrogens (tertiary/aromatic N) is 1. The smallest absolute Gasteiger partial charge is 0.0481 e. The van der Waals surface area contributed by atoms with Crippen LogP contribution in [0.3, 0.4) is 0 Å². The SMILES string of the molecule is CNC(C)(C)c1cn(C)c2ccccc12. The molecule has 0 amide bonds. The van der Waals surface area contributed by atoms with E-state index in [-0.39, 0.29) is 5.54 Å². The van der Waals surface area contributed by atoms with Crippen LogP contribution in [0.4, 0.5) is 0 Å². The van der Waals surface area contributed by atoms with E-state index in [0.717, 1.165) is 0 Å². The Morgan fingerprint density at radius 1 is 1.20 bits per heavy atom. The third kappa shape index (κ3) is 1.55. The second-order valence-electron chi connectivity index (χ2n) is 4.55. The molecule has 1 N–H and O–H groups in total. The van der Waals surface area contributed by atoms with Crippen LogP contribution >= 0.6 is 0 Å². The lowest BCUT2D eigenvalue weighted by molar-refractivity contribution is 0.447. The van der Waals surface area contributed by atoms with Crippen LogP contribution in [0.1, 0.15) is 19.4 Å². The summed E-state index contributed by atoms with van der Waals surface area (Å²) in [7, 11) is 4.10. The van der Waals surface area contributed by atoms with Gasteiger partial charge in [-0.15, -0.1) is 0 Å². The molecule has 2 rings (SSSR count). The van der Waals surface area contributed by atoms with Crippen molar-refractivity contribution < 1.29 is 0 Å². The normalized spacial score (nSPS) is 12.3. The first-order valence-electron chi connectivity index (χ1n) is 5.30. The minimum atomic E-state index is 0.0147. The summed E-state index contributed by atoms with van der Waals surface area (Å²) in [6.07, 6.45) is 2.21. The first kappa shape index (κ1) is 10.2. The third-order valence-electron chi connectivity index (χ3n) is 3.20. The van der Waals surface area contributed by atoms with E-state index >= 15 is 0 Å². The van der Waals surface area contributed by atoms with Crippen LogP contribution in [0, 0.1) is 0 Å². The highest BCUT2D eigenvalue weighted by Crippen LogP contribution is 2.29. The number of fused-ring (bicyclic) bond motifs is 1. The number of rotatable bonds is 2. The first-order chi connectivity index (χ1) is 7.06. The summed E-state index contributed by atoms with van der Waals surface area (Å²) in [6.45, 7) is 4.41. The minimum Gasteiger partial charge on any atom is -0.350 e. The van der Waals surface area contributed by atoms with Gasteiger partial charge in [0, 0.05) is 29.7 Å². The summed E-state index contributed by atoms with van der Waals surface area (Å²) >= 11 is 0. The van der Waals surface area contributed by atoms with E-state index in [1.165, 1.54) is 16.5 Å². The molecule has 0 aliphatic heterocycles. The fourth-order valence-corrected chi connectivity index (χ4v) is 1.97. The molecule has 15 heavy (non-hydrogen) atoms. The maximum atomic E-state index is 3.35. The highest BCUT2D eigenvalue weighted by Gasteiger charge is 2.22. The lowest BCUT2D eigenvalue weighted by Crippen LogP contribution is -2.32. The Balaban J connectivity index is 2.72. The molecule has 80 valence electrons. The summed E-state index contributed by atoms with van der Waals surface area (Å²) in [6, 6.07) is 8.52. The summed E-state index contributed by atoms with van der Waals surface area (Å²) < 4.78 is 2.18. The molecular formula is C13H18N2. The van der Waals surface area contributed by atoms with Gasteiger partial charge in [-0.3, -0.25) is 0 Å². The van der Waals surface area contributed by atoms with Crippen molar-refractivity contribution >= 4 is 10.9 Å². The molecule has 0 unspecified atom stereocenters. The Kier molecular flexibility index (Phi) is 2.31. The average Bonchev–Trinajstić information content (AvgIpc) is 2.58. The van der Waals surface area contributed by atoms with Crippen molar-refractivity contribution in [3.8, 4) is 0 Å². The molecule has 0 fully saturated rings. The fourth-order valence-electron chi connectivity index (χ4n) is 1.97.